The van der Waals surface area contributed by atoms with Crippen molar-refractivity contribution in [3.05, 3.63) is 28.2 Å². The van der Waals surface area contributed by atoms with Gasteiger partial charge in [0.1, 0.15) is 0 Å². The number of aliphatic hydroxyl groups excluding tert-OH is 1. The van der Waals surface area contributed by atoms with E-state index in [0.717, 1.165) is 0 Å². The van der Waals surface area contributed by atoms with Crippen LogP contribution in [-0.4, -0.2) is 45.7 Å². The molecule has 1 aliphatic carbocycles. The molecule has 0 bridgehead atoms. The average Bonchev–Trinajstić information content (AvgIpc) is 3.21. The normalized spacial score (nSPS) is 16.8. The molecule has 0 radical (unpaired) electrons. The van der Waals surface area contributed by atoms with E-state index in [2.05, 4.69) is 4.90 Å². The third-order valence-electron chi connectivity index (χ3n) is 3.15. The highest BCUT2D eigenvalue weighted by Crippen LogP contribution is 2.27. The number of benzene rings is 1. The summed E-state index contributed by atoms with van der Waals surface area (Å²) in [6.45, 7) is 1.49. The summed E-state index contributed by atoms with van der Waals surface area (Å²) in [5.41, 5.74) is 0. The van der Waals surface area contributed by atoms with Crippen molar-refractivity contribution >= 4 is 34.0 Å². The van der Waals surface area contributed by atoms with Crippen LogP contribution in [-0.2, 0) is 10.8 Å². The van der Waals surface area contributed by atoms with Crippen molar-refractivity contribution in [2.45, 2.75) is 23.8 Å². The predicted molar refractivity (Wildman–Crippen MR) is 79.4 cm³/mol. The molecule has 0 amide bonds. The van der Waals surface area contributed by atoms with E-state index in [0.29, 0.717) is 39.8 Å². The summed E-state index contributed by atoms with van der Waals surface area (Å²) < 4.78 is 12.2. The molecule has 1 fully saturated rings. The van der Waals surface area contributed by atoms with Gasteiger partial charge in [0.2, 0.25) is 0 Å². The first-order chi connectivity index (χ1) is 9.11. The Bertz CT molecular complexity index is 466. The average molecular weight is 322 g/mol. The van der Waals surface area contributed by atoms with Crippen LogP contribution in [0.25, 0.3) is 0 Å². The first kappa shape index (κ1) is 15.3. The molecule has 0 spiro atoms. The monoisotopic (exact) mass is 321 g/mol. The van der Waals surface area contributed by atoms with Gasteiger partial charge < -0.3 is 5.11 Å². The number of hydrogen-bond acceptors (Lipinski definition) is 3. The second-order valence-electron chi connectivity index (χ2n) is 4.62. The Morgan fingerprint density at radius 3 is 2.68 bits per heavy atom. The summed E-state index contributed by atoms with van der Waals surface area (Å²) in [5.74, 6) is 0.510. The largest absolute Gasteiger partial charge is 0.395 e. The first-order valence-electron chi connectivity index (χ1n) is 6.30. The van der Waals surface area contributed by atoms with Crippen molar-refractivity contribution in [1.82, 2.24) is 4.90 Å². The van der Waals surface area contributed by atoms with Crippen molar-refractivity contribution < 1.29 is 9.32 Å². The van der Waals surface area contributed by atoms with Crippen LogP contribution >= 0.6 is 23.2 Å². The number of nitrogens with zero attached hydrogens (tertiary/aromatic N) is 1. The zero-order chi connectivity index (χ0) is 13.8. The lowest BCUT2D eigenvalue weighted by Gasteiger charge is -2.20. The van der Waals surface area contributed by atoms with Gasteiger partial charge in [-0.2, -0.15) is 0 Å². The minimum absolute atomic E-state index is 0.140. The quantitative estimate of drug-likeness (QED) is 0.839. The van der Waals surface area contributed by atoms with Crippen molar-refractivity contribution in [1.29, 1.82) is 0 Å². The van der Waals surface area contributed by atoms with E-state index in [9.17, 15) is 4.21 Å². The van der Waals surface area contributed by atoms with E-state index in [-0.39, 0.29) is 6.61 Å². The molecule has 106 valence electrons. The lowest BCUT2D eigenvalue weighted by molar-refractivity contribution is 0.197. The molecule has 1 saturated carbocycles. The van der Waals surface area contributed by atoms with E-state index in [1.165, 1.54) is 12.8 Å². The molecule has 1 aromatic carbocycles. The Morgan fingerprint density at radius 2 is 2.05 bits per heavy atom. The number of hydrogen-bond donors (Lipinski definition) is 1. The fraction of sp³-hybridized carbons (Fsp3) is 0.538. The first-order valence-corrected chi connectivity index (χ1v) is 8.37. The Balaban J connectivity index is 1.94. The second kappa shape index (κ2) is 7.04. The third-order valence-corrected chi connectivity index (χ3v) is 5.21. The number of aliphatic hydroxyl groups is 1. The van der Waals surface area contributed by atoms with Crippen LogP contribution in [0.4, 0.5) is 0 Å². The van der Waals surface area contributed by atoms with Crippen molar-refractivity contribution in [3.8, 4) is 0 Å². The molecule has 2 rings (SSSR count). The zero-order valence-electron chi connectivity index (χ0n) is 10.5. The summed E-state index contributed by atoms with van der Waals surface area (Å²) in [5, 5.41) is 10.1. The Hall–Kier alpha value is -0.130. The molecule has 0 saturated heterocycles. The molecular weight excluding hydrogens is 305 g/mol. The summed E-state index contributed by atoms with van der Waals surface area (Å²) in [4.78, 5) is 2.78. The summed E-state index contributed by atoms with van der Waals surface area (Å²) >= 11 is 11.9. The Morgan fingerprint density at radius 1 is 1.32 bits per heavy atom. The van der Waals surface area contributed by atoms with Gasteiger partial charge in [-0.25, -0.2) is 0 Å². The highest BCUT2D eigenvalue weighted by Gasteiger charge is 2.28. The molecule has 1 atom stereocenters. The lowest BCUT2D eigenvalue weighted by atomic mass is 10.4. The molecular formula is C13H17Cl2NO2S. The Labute approximate surface area is 126 Å². The Kier molecular flexibility index (Phi) is 5.66. The standard InChI is InChI=1S/C13H17Cl2NO2S/c14-10-1-4-12(15)13(9-10)19(18)8-6-16(5-7-17)11-2-3-11/h1,4,9,11,17H,2-3,5-8H2. The van der Waals surface area contributed by atoms with E-state index in [1.807, 2.05) is 0 Å². The summed E-state index contributed by atoms with van der Waals surface area (Å²) in [7, 11) is -1.16. The van der Waals surface area contributed by atoms with Gasteiger partial charge in [0.15, 0.2) is 0 Å². The van der Waals surface area contributed by atoms with Gasteiger partial charge in [0.05, 0.1) is 27.3 Å². The van der Waals surface area contributed by atoms with Gasteiger partial charge >= 0.3 is 0 Å². The molecule has 0 heterocycles. The molecule has 0 aliphatic heterocycles. The zero-order valence-corrected chi connectivity index (χ0v) is 12.8. The molecule has 6 heteroatoms. The molecule has 19 heavy (non-hydrogen) atoms. The smallest absolute Gasteiger partial charge is 0.0589 e. The maximum atomic E-state index is 12.2. The lowest BCUT2D eigenvalue weighted by Crippen LogP contribution is -2.32. The van der Waals surface area contributed by atoms with Gasteiger partial charge in [0, 0.05) is 29.9 Å². The molecule has 1 aliphatic rings. The van der Waals surface area contributed by atoms with Crippen LogP contribution in [0, 0.1) is 0 Å². The highest BCUT2D eigenvalue weighted by molar-refractivity contribution is 7.85. The van der Waals surface area contributed by atoms with Crippen LogP contribution in [0.2, 0.25) is 10.0 Å². The van der Waals surface area contributed by atoms with Crippen LogP contribution in [0.15, 0.2) is 23.1 Å². The van der Waals surface area contributed by atoms with Crippen LogP contribution in [0.3, 0.4) is 0 Å². The van der Waals surface area contributed by atoms with Crippen molar-refractivity contribution in [2.24, 2.45) is 0 Å². The van der Waals surface area contributed by atoms with Crippen molar-refractivity contribution in [3.63, 3.8) is 0 Å². The summed E-state index contributed by atoms with van der Waals surface area (Å²) in [6.07, 6.45) is 2.34. The minimum atomic E-state index is -1.16. The SMILES string of the molecule is O=S(CCN(CCO)C1CC1)c1cc(Cl)ccc1Cl. The molecule has 3 nitrogen and oxygen atoms in total. The van der Waals surface area contributed by atoms with Crippen molar-refractivity contribution in [2.75, 3.05) is 25.4 Å². The topological polar surface area (TPSA) is 40.5 Å². The van der Waals surface area contributed by atoms with E-state index >= 15 is 0 Å². The van der Waals surface area contributed by atoms with Gasteiger partial charge in [-0.3, -0.25) is 9.11 Å². The second-order valence-corrected chi connectivity index (χ2v) is 7.00. The van der Waals surface area contributed by atoms with E-state index < -0.39 is 10.8 Å². The van der Waals surface area contributed by atoms with E-state index in [4.69, 9.17) is 28.3 Å². The van der Waals surface area contributed by atoms with Crippen LogP contribution < -0.4 is 0 Å². The highest BCUT2D eigenvalue weighted by atomic mass is 35.5. The van der Waals surface area contributed by atoms with Crippen LogP contribution in [0.5, 0.6) is 0 Å². The van der Waals surface area contributed by atoms with Crippen LogP contribution in [0.1, 0.15) is 12.8 Å². The predicted octanol–water partition coefficient (Wildman–Crippen LogP) is 2.56. The summed E-state index contributed by atoms with van der Waals surface area (Å²) in [6, 6.07) is 5.57. The fourth-order valence-electron chi connectivity index (χ4n) is 2.01. The number of rotatable bonds is 7. The molecule has 0 aromatic heterocycles. The van der Waals surface area contributed by atoms with Gasteiger partial charge in [-0.15, -0.1) is 0 Å². The molecule has 1 unspecified atom stereocenters. The minimum Gasteiger partial charge on any atom is -0.395 e. The van der Waals surface area contributed by atoms with Gasteiger partial charge in [0.25, 0.3) is 0 Å². The van der Waals surface area contributed by atoms with Gasteiger partial charge in [-0.1, -0.05) is 23.2 Å². The fourth-order valence-corrected chi connectivity index (χ4v) is 3.78. The van der Waals surface area contributed by atoms with E-state index in [1.54, 1.807) is 18.2 Å². The molecule has 1 aromatic rings. The maximum absolute atomic E-state index is 12.2. The number of halogens is 2. The third kappa shape index (κ3) is 4.43. The molecule has 1 N–H and O–H groups in total. The maximum Gasteiger partial charge on any atom is 0.0589 e. The van der Waals surface area contributed by atoms with Gasteiger partial charge in [-0.05, 0) is 31.0 Å².